The summed E-state index contributed by atoms with van der Waals surface area (Å²) in [7, 11) is 0. The van der Waals surface area contributed by atoms with Crippen molar-refractivity contribution < 1.29 is 13.6 Å². The lowest BCUT2D eigenvalue weighted by atomic mass is 10.2. The molecule has 6 nitrogen and oxygen atoms in total. The summed E-state index contributed by atoms with van der Waals surface area (Å²) in [4.78, 5) is 25.2. The monoisotopic (exact) mass is 411 g/mol. The Hall–Kier alpha value is -3.33. The summed E-state index contributed by atoms with van der Waals surface area (Å²) in [5.41, 5.74) is 2.45. The minimum Gasteiger partial charge on any atom is -0.322 e. The lowest BCUT2D eigenvalue weighted by Gasteiger charge is -2.09. The van der Waals surface area contributed by atoms with Gasteiger partial charge in [-0.05, 0) is 23.9 Å². The number of carbonyl (C=O) groups excluding carboxylic acids is 1. The third kappa shape index (κ3) is 4.40. The highest BCUT2D eigenvalue weighted by molar-refractivity contribution is 7.99. The molecule has 0 aliphatic heterocycles. The SMILES string of the molecule is O=C(Cn1c(SC(F)F)nc2ccccc21)Nc1cnc(-c2ccccc2)nc1. The first-order chi connectivity index (χ1) is 14.1. The Kier molecular flexibility index (Phi) is 5.48. The Labute approximate surface area is 169 Å². The van der Waals surface area contributed by atoms with Crippen molar-refractivity contribution in [3.8, 4) is 11.4 Å². The fourth-order valence-corrected chi connectivity index (χ4v) is 3.45. The molecule has 146 valence electrons. The smallest absolute Gasteiger partial charge is 0.291 e. The van der Waals surface area contributed by atoms with Crippen LogP contribution < -0.4 is 5.32 Å². The molecule has 4 rings (SSSR count). The fourth-order valence-electron chi connectivity index (χ4n) is 2.85. The summed E-state index contributed by atoms with van der Waals surface area (Å²) in [6.07, 6.45) is 3.02. The van der Waals surface area contributed by atoms with Crippen molar-refractivity contribution >= 4 is 34.4 Å². The highest BCUT2D eigenvalue weighted by atomic mass is 32.2. The maximum absolute atomic E-state index is 12.9. The summed E-state index contributed by atoms with van der Waals surface area (Å²) >= 11 is 0.312. The zero-order valence-corrected chi connectivity index (χ0v) is 15.8. The van der Waals surface area contributed by atoms with Gasteiger partial charge in [0.25, 0.3) is 5.76 Å². The van der Waals surface area contributed by atoms with E-state index in [2.05, 4.69) is 20.3 Å². The van der Waals surface area contributed by atoms with E-state index in [1.54, 1.807) is 24.3 Å². The molecule has 0 aliphatic rings. The van der Waals surface area contributed by atoms with Gasteiger partial charge in [0.2, 0.25) is 5.91 Å². The standard InChI is InChI=1S/C20H15F2N5OS/c21-19(22)29-20-26-15-8-4-5-9-16(15)27(20)12-17(28)25-14-10-23-18(24-11-14)13-6-2-1-3-7-13/h1-11,19H,12H2,(H,25,28). The fraction of sp³-hybridized carbons (Fsp3) is 0.100. The lowest BCUT2D eigenvalue weighted by Crippen LogP contribution is -2.19. The van der Waals surface area contributed by atoms with E-state index in [-0.39, 0.29) is 17.6 Å². The van der Waals surface area contributed by atoms with Gasteiger partial charge in [-0.25, -0.2) is 15.0 Å². The molecule has 4 aromatic rings. The number of anilines is 1. The number of para-hydroxylation sites is 2. The Morgan fingerprint density at radius 1 is 1.03 bits per heavy atom. The van der Waals surface area contributed by atoms with Crippen LogP contribution in [-0.2, 0) is 11.3 Å². The van der Waals surface area contributed by atoms with E-state index in [1.165, 1.54) is 17.0 Å². The van der Waals surface area contributed by atoms with Crippen LogP contribution in [0.4, 0.5) is 14.5 Å². The molecule has 0 spiro atoms. The Bertz CT molecular complexity index is 1130. The number of nitrogens with zero attached hydrogens (tertiary/aromatic N) is 4. The van der Waals surface area contributed by atoms with Gasteiger partial charge in [-0.15, -0.1) is 0 Å². The molecule has 1 amide bonds. The molecule has 29 heavy (non-hydrogen) atoms. The maximum atomic E-state index is 12.9. The van der Waals surface area contributed by atoms with E-state index in [4.69, 9.17) is 0 Å². The van der Waals surface area contributed by atoms with Crippen LogP contribution in [-0.4, -0.2) is 31.2 Å². The summed E-state index contributed by atoms with van der Waals surface area (Å²) in [6, 6.07) is 16.4. The van der Waals surface area contributed by atoms with Crippen LogP contribution in [0.2, 0.25) is 0 Å². The number of rotatable bonds is 6. The number of nitrogens with one attached hydrogen (secondary N) is 1. The minimum absolute atomic E-state index is 0.0898. The summed E-state index contributed by atoms with van der Waals surface area (Å²) < 4.78 is 27.2. The normalized spacial score (nSPS) is 11.1. The number of thioether (sulfide) groups is 1. The second-order valence-electron chi connectivity index (χ2n) is 6.06. The summed E-state index contributed by atoms with van der Waals surface area (Å²) in [5, 5.41) is 2.78. The van der Waals surface area contributed by atoms with Gasteiger partial charge in [0.05, 0.1) is 29.1 Å². The van der Waals surface area contributed by atoms with Gasteiger partial charge in [0, 0.05) is 5.56 Å². The molecule has 1 N–H and O–H groups in total. The average molecular weight is 411 g/mol. The zero-order chi connectivity index (χ0) is 20.2. The minimum atomic E-state index is -2.63. The number of imidazole rings is 1. The molecule has 0 aliphatic carbocycles. The largest absolute Gasteiger partial charge is 0.322 e. The number of carbonyl (C=O) groups is 1. The molecule has 0 atom stereocenters. The van der Waals surface area contributed by atoms with Crippen molar-refractivity contribution in [2.75, 3.05) is 5.32 Å². The molecule has 2 aromatic heterocycles. The molecular weight excluding hydrogens is 396 g/mol. The Balaban J connectivity index is 1.51. The highest BCUT2D eigenvalue weighted by Crippen LogP contribution is 2.28. The first kappa shape index (κ1) is 19.0. The molecule has 2 heterocycles. The van der Waals surface area contributed by atoms with Crippen molar-refractivity contribution in [3.63, 3.8) is 0 Å². The van der Waals surface area contributed by atoms with Crippen LogP contribution in [0.5, 0.6) is 0 Å². The van der Waals surface area contributed by atoms with E-state index in [0.717, 1.165) is 5.56 Å². The molecule has 0 radical (unpaired) electrons. The van der Waals surface area contributed by atoms with Gasteiger partial charge in [-0.2, -0.15) is 8.78 Å². The summed E-state index contributed by atoms with van der Waals surface area (Å²) in [6.45, 7) is -0.157. The number of hydrogen-bond acceptors (Lipinski definition) is 5. The third-order valence-electron chi connectivity index (χ3n) is 4.08. The second-order valence-corrected chi connectivity index (χ2v) is 7.01. The highest BCUT2D eigenvalue weighted by Gasteiger charge is 2.18. The topological polar surface area (TPSA) is 72.7 Å². The number of aromatic nitrogens is 4. The molecule has 0 saturated heterocycles. The quantitative estimate of drug-likeness (QED) is 0.475. The van der Waals surface area contributed by atoms with Crippen LogP contribution in [0.3, 0.4) is 0 Å². The molecule has 0 saturated carbocycles. The summed E-state index contributed by atoms with van der Waals surface area (Å²) in [5.74, 6) is -2.48. The molecule has 0 unspecified atom stereocenters. The van der Waals surface area contributed by atoms with Crippen LogP contribution in [0.25, 0.3) is 22.4 Å². The van der Waals surface area contributed by atoms with Gasteiger partial charge in [-0.1, -0.05) is 42.5 Å². The molecule has 0 fully saturated rings. The third-order valence-corrected chi connectivity index (χ3v) is 4.78. The van der Waals surface area contributed by atoms with Gasteiger partial charge < -0.3 is 9.88 Å². The van der Waals surface area contributed by atoms with Crippen LogP contribution in [0.15, 0.2) is 72.1 Å². The second kappa shape index (κ2) is 8.36. The van der Waals surface area contributed by atoms with E-state index in [0.29, 0.717) is 34.3 Å². The van der Waals surface area contributed by atoms with Gasteiger partial charge in [0.15, 0.2) is 11.0 Å². The van der Waals surface area contributed by atoms with Crippen molar-refractivity contribution in [2.45, 2.75) is 17.5 Å². The van der Waals surface area contributed by atoms with Crippen molar-refractivity contribution in [3.05, 3.63) is 67.0 Å². The van der Waals surface area contributed by atoms with Gasteiger partial charge in [-0.3, -0.25) is 4.79 Å². The zero-order valence-electron chi connectivity index (χ0n) is 15.0. The predicted molar refractivity (Wildman–Crippen MR) is 108 cm³/mol. The van der Waals surface area contributed by atoms with Crippen LogP contribution in [0.1, 0.15) is 0 Å². The number of hydrogen-bond donors (Lipinski definition) is 1. The van der Waals surface area contributed by atoms with E-state index in [9.17, 15) is 13.6 Å². The van der Waals surface area contributed by atoms with E-state index >= 15 is 0 Å². The number of fused-ring (bicyclic) bond motifs is 1. The van der Waals surface area contributed by atoms with Crippen molar-refractivity contribution in [2.24, 2.45) is 0 Å². The molecule has 0 bridgehead atoms. The average Bonchev–Trinajstić information content (AvgIpc) is 3.05. The van der Waals surface area contributed by atoms with Gasteiger partial charge in [0.1, 0.15) is 6.54 Å². The van der Waals surface area contributed by atoms with Crippen molar-refractivity contribution in [1.29, 1.82) is 0 Å². The van der Waals surface area contributed by atoms with Crippen LogP contribution in [0, 0.1) is 0 Å². The molecule has 9 heteroatoms. The number of benzene rings is 2. The van der Waals surface area contributed by atoms with E-state index < -0.39 is 5.76 Å². The van der Waals surface area contributed by atoms with Crippen molar-refractivity contribution in [1.82, 2.24) is 19.5 Å². The predicted octanol–water partition coefficient (Wildman–Crippen LogP) is 4.45. The number of halogens is 2. The van der Waals surface area contributed by atoms with Gasteiger partial charge >= 0.3 is 0 Å². The first-order valence-electron chi connectivity index (χ1n) is 8.67. The lowest BCUT2D eigenvalue weighted by molar-refractivity contribution is -0.116. The Morgan fingerprint density at radius 3 is 2.45 bits per heavy atom. The Morgan fingerprint density at radius 2 is 1.72 bits per heavy atom. The number of amides is 1. The molecule has 2 aromatic carbocycles. The number of alkyl halides is 2. The first-order valence-corrected chi connectivity index (χ1v) is 9.55. The van der Waals surface area contributed by atoms with E-state index in [1.807, 2.05) is 30.3 Å². The molecular formula is C20H15F2N5OS. The van der Waals surface area contributed by atoms with Crippen LogP contribution >= 0.6 is 11.8 Å². The maximum Gasteiger partial charge on any atom is 0.291 e.